The number of aliphatic hydroxyl groups excluding tert-OH is 1. The molecule has 0 saturated heterocycles. The van der Waals surface area contributed by atoms with E-state index in [9.17, 15) is 13.2 Å². The van der Waals surface area contributed by atoms with Gasteiger partial charge in [-0.05, 0) is 12.8 Å². The van der Waals surface area contributed by atoms with Crippen molar-refractivity contribution in [1.29, 1.82) is 0 Å². The van der Waals surface area contributed by atoms with Gasteiger partial charge in [0, 0.05) is 12.4 Å². The van der Waals surface area contributed by atoms with Crippen molar-refractivity contribution in [2.75, 3.05) is 18.2 Å². The number of alkyl halides is 3. The maximum atomic E-state index is 12.3. The number of hydrogen-bond acceptors (Lipinski definition) is 5. The fourth-order valence-electron chi connectivity index (χ4n) is 1.12. The van der Waals surface area contributed by atoms with Crippen molar-refractivity contribution in [1.82, 2.24) is 14.9 Å². The number of rotatable bonds is 6. The summed E-state index contributed by atoms with van der Waals surface area (Å²) in [5.74, 6) is 4.63. The molecule has 1 aromatic rings. The highest BCUT2D eigenvalue weighted by Gasteiger charge is 2.38. The topological polar surface area (TPSA) is 77.0 Å². The molecule has 0 atom stereocenters. The molecule has 1 aromatic heterocycles. The van der Waals surface area contributed by atoms with Crippen molar-refractivity contribution >= 4 is 11.8 Å². The highest BCUT2D eigenvalue weighted by atomic mass is 32.2. The van der Waals surface area contributed by atoms with Gasteiger partial charge in [-0.25, -0.2) is 4.68 Å². The SMILES string of the molecule is Nn1c(SCCCCCO)nnc1C(F)(F)F. The number of halogens is 3. The molecule has 0 saturated carbocycles. The Morgan fingerprint density at radius 1 is 1.24 bits per heavy atom. The van der Waals surface area contributed by atoms with Gasteiger partial charge in [0.05, 0.1) is 0 Å². The minimum absolute atomic E-state index is 0.0429. The van der Waals surface area contributed by atoms with Crippen LogP contribution in [0.5, 0.6) is 0 Å². The fourth-order valence-corrected chi connectivity index (χ4v) is 1.98. The number of nitrogen functional groups attached to an aromatic ring is 1. The van der Waals surface area contributed by atoms with E-state index in [0.29, 0.717) is 16.8 Å². The van der Waals surface area contributed by atoms with E-state index in [1.165, 1.54) is 0 Å². The molecule has 0 aliphatic heterocycles. The zero-order valence-electron chi connectivity index (χ0n) is 8.94. The summed E-state index contributed by atoms with van der Waals surface area (Å²) in [6.45, 7) is 0.121. The number of unbranched alkanes of at least 4 members (excludes halogenated alkanes) is 2. The van der Waals surface area contributed by atoms with Crippen LogP contribution in [0.2, 0.25) is 0 Å². The van der Waals surface area contributed by atoms with E-state index in [-0.39, 0.29) is 11.8 Å². The van der Waals surface area contributed by atoms with Crippen LogP contribution in [-0.4, -0.2) is 32.3 Å². The molecule has 1 rings (SSSR count). The Labute approximate surface area is 100 Å². The quantitative estimate of drug-likeness (QED) is 0.462. The van der Waals surface area contributed by atoms with Crippen molar-refractivity contribution in [3.8, 4) is 0 Å². The van der Waals surface area contributed by atoms with E-state index < -0.39 is 12.0 Å². The minimum atomic E-state index is -4.59. The zero-order chi connectivity index (χ0) is 12.9. The second-order valence-corrected chi connectivity index (χ2v) is 4.37. The van der Waals surface area contributed by atoms with Gasteiger partial charge in [-0.2, -0.15) is 13.2 Å². The summed E-state index contributed by atoms with van der Waals surface area (Å²) >= 11 is 1.12. The third kappa shape index (κ3) is 4.08. The molecular weight excluding hydrogens is 257 g/mol. The lowest BCUT2D eigenvalue weighted by Crippen LogP contribution is -2.21. The molecular formula is C8H13F3N4OS. The Kier molecular flexibility index (Phi) is 5.06. The van der Waals surface area contributed by atoms with E-state index in [0.717, 1.165) is 24.6 Å². The molecule has 0 radical (unpaired) electrons. The van der Waals surface area contributed by atoms with Gasteiger partial charge in [0.1, 0.15) is 0 Å². The molecule has 0 spiro atoms. The molecule has 0 bridgehead atoms. The predicted molar refractivity (Wildman–Crippen MR) is 56.8 cm³/mol. The Morgan fingerprint density at radius 3 is 2.47 bits per heavy atom. The number of hydrogen-bond donors (Lipinski definition) is 2. The average molecular weight is 270 g/mol. The van der Waals surface area contributed by atoms with Crippen molar-refractivity contribution in [3.63, 3.8) is 0 Å². The second-order valence-electron chi connectivity index (χ2n) is 3.31. The number of nitrogens with two attached hydrogens (primary N) is 1. The molecule has 1 heterocycles. The van der Waals surface area contributed by atoms with Crippen LogP contribution in [0.25, 0.3) is 0 Å². The minimum Gasteiger partial charge on any atom is -0.396 e. The largest absolute Gasteiger partial charge is 0.453 e. The standard InChI is InChI=1S/C8H13F3N4OS/c9-8(10,11)6-13-14-7(15(6)12)17-5-3-1-2-4-16/h16H,1-5,12H2. The Hall–Kier alpha value is -0.960. The third-order valence-electron chi connectivity index (χ3n) is 1.95. The summed E-state index contributed by atoms with van der Waals surface area (Å²) in [5.41, 5.74) is 0. The van der Waals surface area contributed by atoms with E-state index in [4.69, 9.17) is 10.9 Å². The number of aromatic nitrogens is 3. The maximum Gasteiger partial charge on any atom is 0.453 e. The molecule has 0 aliphatic carbocycles. The molecule has 0 fully saturated rings. The summed E-state index contributed by atoms with van der Waals surface area (Å²) in [6, 6.07) is 0. The van der Waals surface area contributed by atoms with Crippen LogP contribution in [0.15, 0.2) is 5.16 Å². The molecule has 0 unspecified atom stereocenters. The highest BCUT2D eigenvalue weighted by Crippen LogP contribution is 2.28. The van der Waals surface area contributed by atoms with E-state index >= 15 is 0 Å². The van der Waals surface area contributed by atoms with Crippen LogP contribution < -0.4 is 5.84 Å². The highest BCUT2D eigenvalue weighted by molar-refractivity contribution is 7.99. The Bertz CT molecular complexity index is 355. The van der Waals surface area contributed by atoms with Crippen LogP contribution >= 0.6 is 11.8 Å². The lowest BCUT2D eigenvalue weighted by atomic mass is 10.3. The van der Waals surface area contributed by atoms with Gasteiger partial charge in [-0.15, -0.1) is 10.2 Å². The molecule has 0 aromatic carbocycles. The predicted octanol–water partition coefficient (Wildman–Crippen LogP) is 1.27. The summed E-state index contributed by atoms with van der Waals surface area (Å²) in [7, 11) is 0. The van der Waals surface area contributed by atoms with Gasteiger partial charge in [0.25, 0.3) is 5.82 Å². The molecule has 98 valence electrons. The van der Waals surface area contributed by atoms with Crippen LogP contribution in [0.3, 0.4) is 0 Å². The van der Waals surface area contributed by atoms with Crippen molar-refractivity contribution in [3.05, 3.63) is 5.82 Å². The number of thioether (sulfide) groups is 1. The molecule has 0 aliphatic rings. The van der Waals surface area contributed by atoms with Gasteiger partial charge in [0.2, 0.25) is 5.16 Å². The van der Waals surface area contributed by atoms with Crippen molar-refractivity contribution < 1.29 is 18.3 Å². The molecule has 3 N–H and O–H groups in total. The second kappa shape index (κ2) is 6.10. The van der Waals surface area contributed by atoms with Crippen LogP contribution in [0, 0.1) is 0 Å². The fraction of sp³-hybridized carbons (Fsp3) is 0.750. The number of aliphatic hydroxyl groups is 1. The molecule has 17 heavy (non-hydrogen) atoms. The first-order chi connectivity index (χ1) is 7.96. The first-order valence-electron chi connectivity index (χ1n) is 4.98. The van der Waals surface area contributed by atoms with Gasteiger partial charge in [0.15, 0.2) is 0 Å². The third-order valence-corrected chi connectivity index (χ3v) is 2.98. The van der Waals surface area contributed by atoms with Crippen LogP contribution in [0.1, 0.15) is 25.1 Å². The average Bonchev–Trinajstić information content (AvgIpc) is 2.59. The molecule has 5 nitrogen and oxygen atoms in total. The van der Waals surface area contributed by atoms with E-state index in [1.54, 1.807) is 0 Å². The van der Waals surface area contributed by atoms with Crippen molar-refractivity contribution in [2.45, 2.75) is 30.6 Å². The van der Waals surface area contributed by atoms with E-state index in [1.807, 2.05) is 0 Å². The normalized spacial score (nSPS) is 12.0. The summed E-state index contributed by atoms with van der Waals surface area (Å²) in [4.78, 5) is 0. The van der Waals surface area contributed by atoms with Gasteiger partial charge < -0.3 is 10.9 Å². The van der Waals surface area contributed by atoms with E-state index in [2.05, 4.69) is 10.2 Å². The van der Waals surface area contributed by atoms with Gasteiger partial charge >= 0.3 is 6.18 Å². The van der Waals surface area contributed by atoms with Crippen molar-refractivity contribution in [2.24, 2.45) is 0 Å². The van der Waals surface area contributed by atoms with Crippen LogP contribution in [-0.2, 0) is 6.18 Å². The van der Waals surface area contributed by atoms with Gasteiger partial charge in [-0.3, -0.25) is 0 Å². The lowest BCUT2D eigenvalue weighted by Gasteiger charge is -2.05. The summed E-state index contributed by atoms with van der Waals surface area (Å²) in [5, 5.41) is 15.0. The monoisotopic (exact) mass is 270 g/mol. The Balaban J connectivity index is 2.47. The molecule has 9 heteroatoms. The molecule has 0 amide bonds. The maximum absolute atomic E-state index is 12.3. The summed E-state index contributed by atoms with van der Waals surface area (Å²) in [6.07, 6.45) is -2.31. The van der Waals surface area contributed by atoms with Crippen LogP contribution in [0.4, 0.5) is 13.2 Å². The number of nitrogens with zero attached hydrogens (tertiary/aromatic N) is 3. The summed E-state index contributed by atoms with van der Waals surface area (Å²) < 4.78 is 37.4. The van der Waals surface area contributed by atoms with Gasteiger partial charge in [-0.1, -0.05) is 18.2 Å². The first-order valence-corrected chi connectivity index (χ1v) is 5.96. The first kappa shape index (κ1) is 14.1. The zero-order valence-corrected chi connectivity index (χ0v) is 9.76. The lowest BCUT2D eigenvalue weighted by molar-refractivity contribution is -0.146. The smallest absolute Gasteiger partial charge is 0.396 e. The Morgan fingerprint density at radius 2 is 1.94 bits per heavy atom.